The number of nitrogens with one attached hydrogen (secondary N) is 2. The highest BCUT2D eigenvalue weighted by atomic mass is 35.5. The Labute approximate surface area is 147 Å². The molecule has 0 heterocycles. The van der Waals surface area contributed by atoms with Crippen molar-refractivity contribution in [2.75, 3.05) is 12.3 Å². The number of rotatable bonds is 6. The molecule has 0 radical (unpaired) electrons. The van der Waals surface area contributed by atoms with Crippen LogP contribution in [-0.4, -0.2) is 32.4 Å². The molecule has 0 aliphatic heterocycles. The van der Waals surface area contributed by atoms with Gasteiger partial charge in [-0.15, -0.1) is 0 Å². The molecule has 1 aromatic rings. The third-order valence-electron chi connectivity index (χ3n) is 2.74. The lowest BCUT2D eigenvalue weighted by molar-refractivity contribution is 0.0531. The maximum Gasteiger partial charge on any atom is 0.407 e. The number of halogens is 1. The summed E-state index contributed by atoms with van der Waals surface area (Å²) in [6.07, 6.45) is -0.678. The summed E-state index contributed by atoms with van der Waals surface area (Å²) in [6.45, 7) is 8.63. The van der Waals surface area contributed by atoms with E-state index in [2.05, 4.69) is 5.32 Å². The van der Waals surface area contributed by atoms with Crippen LogP contribution in [-0.2, 0) is 14.8 Å². The van der Waals surface area contributed by atoms with E-state index in [0.29, 0.717) is 10.8 Å². The van der Waals surface area contributed by atoms with Gasteiger partial charge in [-0.25, -0.2) is 13.2 Å². The number of amides is 1. The van der Waals surface area contributed by atoms with E-state index in [-0.39, 0.29) is 12.3 Å². The summed E-state index contributed by atoms with van der Waals surface area (Å²) < 4.78 is 28.7. The molecule has 0 saturated heterocycles. The molecule has 0 aliphatic carbocycles. The van der Waals surface area contributed by atoms with Crippen LogP contribution in [0.15, 0.2) is 12.1 Å². The first kappa shape index (κ1) is 20.5. The third-order valence-corrected chi connectivity index (χ3v) is 4.41. The Morgan fingerprint density at radius 1 is 1.21 bits per heavy atom. The van der Waals surface area contributed by atoms with Crippen molar-refractivity contribution >= 4 is 27.7 Å². The predicted molar refractivity (Wildman–Crippen MR) is 92.7 cm³/mol. The third kappa shape index (κ3) is 7.37. The second kappa shape index (κ2) is 8.04. The van der Waals surface area contributed by atoms with Crippen molar-refractivity contribution in [2.24, 2.45) is 0 Å². The summed E-state index contributed by atoms with van der Waals surface area (Å²) in [5.74, 6) is -0.0179. The number of sulfonamides is 1. The van der Waals surface area contributed by atoms with Crippen LogP contribution in [0.2, 0.25) is 5.02 Å². The topological polar surface area (TPSA) is 93.7 Å². The molecule has 0 aromatic heterocycles. The number of carbonyl (C=O) groups is 1. The summed E-state index contributed by atoms with van der Waals surface area (Å²) in [5.41, 5.74) is 0.907. The highest BCUT2D eigenvalue weighted by Crippen LogP contribution is 2.25. The van der Waals surface area contributed by atoms with Crippen LogP contribution in [0.25, 0.3) is 0 Å². The molecular formula is C15H23ClN2O5S. The molecule has 1 amide bonds. The largest absolute Gasteiger partial charge is 0.444 e. The fraction of sp³-hybridized carbons (Fsp3) is 0.533. The first-order chi connectivity index (χ1) is 10.9. The molecule has 0 fully saturated rings. The van der Waals surface area contributed by atoms with Crippen LogP contribution in [0.1, 0.15) is 31.9 Å². The lowest BCUT2D eigenvalue weighted by Crippen LogP contribution is -2.38. The van der Waals surface area contributed by atoms with E-state index in [1.165, 1.54) is 0 Å². The van der Waals surface area contributed by atoms with E-state index in [1.54, 1.807) is 46.8 Å². The van der Waals surface area contributed by atoms with Gasteiger partial charge in [0.2, 0.25) is 10.0 Å². The second-order valence-corrected chi connectivity index (χ2v) is 8.49. The summed E-state index contributed by atoms with van der Waals surface area (Å²) in [6, 6.07) is 3.24. The van der Waals surface area contributed by atoms with Gasteiger partial charge in [0.05, 0.1) is 5.75 Å². The van der Waals surface area contributed by atoms with Crippen molar-refractivity contribution in [3.05, 3.63) is 28.3 Å². The van der Waals surface area contributed by atoms with Crippen LogP contribution in [0.5, 0.6) is 5.75 Å². The molecule has 2 N–H and O–H groups in total. The molecule has 7 nitrogen and oxygen atoms in total. The van der Waals surface area contributed by atoms with Crippen molar-refractivity contribution in [1.82, 2.24) is 10.2 Å². The molecule has 1 rings (SSSR count). The van der Waals surface area contributed by atoms with Crippen LogP contribution >= 0.6 is 11.6 Å². The minimum Gasteiger partial charge on any atom is -0.444 e. The first-order valence-electron chi connectivity index (χ1n) is 7.29. The van der Waals surface area contributed by atoms with E-state index in [0.717, 1.165) is 11.1 Å². The molecule has 0 spiro atoms. The zero-order valence-corrected chi connectivity index (χ0v) is 16.0. The Balaban J connectivity index is 2.49. The normalized spacial score (nSPS) is 11.9. The van der Waals surface area contributed by atoms with Gasteiger partial charge in [-0.2, -0.15) is 0 Å². The highest BCUT2D eigenvalue weighted by Gasteiger charge is 2.17. The molecule has 136 valence electrons. The van der Waals surface area contributed by atoms with Gasteiger partial charge in [0.1, 0.15) is 11.4 Å². The Morgan fingerprint density at radius 3 is 2.25 bits per heavy atom. The van der Waals surface area contributed by atoms with Gasteiger partial charge in [-0.3, -0.25) is 0 Å². The number of aryl methyl sites for hydroxylation is 2. The molecule has 0 bridgehead atoms. The maximum atomic E-state index is 11.9. The molecular weight excluding hydrogens is 356 g/mol. The van der Waals surface area contributed by atoms with Crippen molar-refractivity contribution in [1.29, 1.82) is 0 Å². The number of alkyl carbamates (subject to hydrolysis) is 1. The van der Waals surface area contributed by atoms with E-state index in [4.69, 9.17) is 21.2 Å². The molecule has 0 unspecified atom stereocenters. The predicted octanol–water partition coefficient (Wildman–Crippen LogP) is 2.69. The zero-order chi connectivity index (χ0) is 18.5. The van der Waals surface area contributed by atoms with Gasteiger partial charge in [0.25, 0.3) is 0 Å². The van der Waals surface area contributed by atoms with E-state index in [9.17, 15) is 13.2 Å². The second-order valence-electron chi connectivity index (χ2n) is 6.30. The lowest BCUT2D eigenvalue weighted by atomic mass is 10.1. The Morgan fingerprint density at radius 2 is 1.75 bits per heavy atom. The number of benzene rings is 1. The Bertz CT molecular complexity index is 675. The average Bonchev–Trinajstić information content (AvgIpc) is 2.40. The van der Waals surface area contributed by atoms with E-state index >= 15 is 0 Å². The maximum absolute atomic E-state index is 11.9. The fourth-order valence-corrected chi connectivity index (χ4v) is 2.51. The van der Waals surface area contributed by atoms with Crippen LogP contribution < -0.4 is 15.0 Å². The summed E-state index contributed by atoms with van der Waals surface area (Å²) in [7, 11) is -3.73. The Kier molecular flexibility index (Phi) is 6.88. The first-order valence-corrected chi connectivity index (χ1v) is 9.32. The van der Waals surface area contributed by atoms with Crippen molar-refractivity contribution < 1.29 is 22.8 Å². The average molecular weight is 379 g/mol. The summed E-state index contributed by atoms with van der Waals surface area (Å²) >= 11 is 6.04. The SMILES string of the molecule is Cc1cc(ONS(=O)(=O)CCNC(=O)OC(C)(C)C)cc(C)c1Cl. The van der Waals surface area contributed by atoms with Crippen LogP contribution in [0.4, 0.5) is 4.79 Å². The number of hydrogen-bond donors (Lipinski definition) is 2. The van der Waals surface area contributed by atoms with Gasteiger partial charge in [-0.05, 0) is 62.8 Å². The van der Waals surface area contributed by atoms with Gasteiger partial charge >= 0.3 is 6.09 Å². The number of hydrogen-bond acceptors (Lipinski definition) is 5. The minimum atomic E-state index is -3.73. The van der Waals surface area contributed by atoms with Gasteiger partial charge in [-0.1, -0.05) is 11.6 Å². The van der Waals surface area contributed by atoms with Gasteiger partial charge < -0.3 is 14.9 Å². The van der Waals surface area contributed by atoms with Crippen LogP contribution in [0.3, 0.4) is 0 Å². The number of carbonyl (C=O) groups excluding carboxylic acids is 1. The van der Waals surface area contributed by atoms with Crippen molar-refractivity contribution in [3.63, 3.8) is 0 Å². The quantitative estimate of drug-likeness (QED) is 0.742. The monoisotopic (exact) mass is 378 g/mol. The smallest absolute Gasteiger partial charge is 0.407 e. The minimum absolute atomic E-state index is 0.105. The van der Waals surface area contributed by atoms with Gasteiger partial charge in [0, 0.05) is 11.6 Å². The van der Waals surface area contributed by atoms with Crippen LogP contribution in [0, 0.1) is 13.8 Å². The number of ether oxygens (including phenoxy) is 1. The standard InChI is InChI=1S/C15H23ClN2O5S/c1-10-8-12(9-11(2)13(10)16)23-18-24(20,21)7-6-17-14(19)22-15(3,4)5/h8-9,18H,6-7H2,1-5H3,(H,17,19). The molecule has 24 heavy (non-hydrogen) atoms. The summed E-state index contributed by atoms with van der Waals surface area (Å²) in [5, 5.41) is 2.97. The molecule has 0 saturated carbocycles. The summed E-state index contributed by atoms with van der Waals surface area (Å²) in [4.78, 5) is 18.5. The molecule has 0 atom stereocenters. The molecule has 9 heteroatoms. The Hall–Kier alpha value is -1.51. The van der Waals surface area contributed by atoms with Crippen molar-refractivity contribution in [2.45, 2.75) is 40.2 Å². The van der Waals surface area contributed by atoms with E-state index < -0.39 is 21.7 Å². The fourth-order valence-electron chi connectivity index (χ4n) is 1.72. The molecule has 1 aromatic carbocycles. The van der Waals surface area contributed by atoms with Gasteiger partial charge in [0.15, 0.2) is 0 Å². The van der Waals surface area contributed by atoms with E-state index in [1.807, 2.05) is 4.89 Å². The highest BCUT2D eigenvalue weighted by molar-refractivity contribution is 7.89. The lowest BCUT2D eigenvalue weighted by Gasteiger charge is -2.19. The van der Waals surface area contributed by atoms with Crippen molar-refractivity contribution in [3.8, 4) is 5.75 Å². The molecule has 0 aliphatic rings. The zero-order valence-electron chi connectivity index (χ0n) is 14.4.